The first-order valence-electron chi connectivity index (χ1n) is 9.28. The number of hydrogen-bond donors (Lipinski definition) is 0. The van der Waals surface area contributed by atoms with Crippen molar-refractivity contribution < 1.29 is 9.53 Å². The predicted octanol–water partition coefficient (Wildman–Crippen LogP) is 2.99. The van der Waals surface area contributed by atoms with Crippen LogP contribution in [0.1, 0.15) is 57.4 Å². The molecule has 4 bridgehead atoms. The Morgan fingerprint density at radius 3 is 2.35 bits per heavy atom. The summed E-state index contributed by atoms with van der Waals surface area (Å²) in [5.41, 5.74) is 0. The monoisotopic (exact) mass is 315 g/mol. The molecule has 0 spiro atoms. The topological polar surface area (TPSA) is 57.0 Å². The van der Waals surface area contributed by atoms with Crippen LogP contribution in [-0.2, 0) is 9.53 Å². The number of ether oxygens (including phenoxy) is 1. The van der Waals surface area contributed by atoms with Crippen LogP contribution in [0.4, 0.5) is 0 Å². The lowest BCUT2D eigenvalue weighted by atomic mass is 9.51. The van der Waals surface area contributed by atoms with Gasteiger partial charge in [0.1, 0.15) is 18.8 Å². The van der Waals surface area contributed by atoms with Crippen molar-refractivity contribution in [3.8, 4) is 0 Å². The Bertz CT molecular complexity index is 551. The highest BCUT2D eigenvalue weighted by atomic mass is 16.5. The molecule has 0 atom stereocenters. The quantitative estimate of drug-likeness (QED) is 0.802. The number of carbonyl (C=O) groups is 1. The molecular weight excluding hydrogens is 290 g/mol. The Balaban J connectivity index is 1.13. The van der Waals surface area contributed by atoms with E-state index < -0.39 is 0 Å². The van der Waals surface area contributed by atoms with Crippen LogP contribution in [0.25, 0.3) is 0 Å². The maximum atomic E-state index is 12.4. The summed E-state index contributed by atoms with van der Waals surface area (Å²) in [5.74, 6) is 4.22. The van der Waals surface area contributed by atoms with E-state index in [2.05, 4.69) is 10.1 Å². The minimum absolute atomic E-state index is 0.0458. The van der Waals surface area contributed by atoms with Crippen LogP contribution in [0.15, 0.2) is 12.7 Å². The molecule has 5 aliphatic carbocycles. The lowest BCUT2D eigenvalue weighted by Crippen LogP contribution is -2.46. The van der Waals surface area contributed by atoms with E-state index >= 15 is 0 Å². The van der Waals surface area contributed by atoms with Crippen molar-refractivity contribution in [2.24, 2.45) is 29.6 Å². The van der Waals surface area contributed by atoms with Crippen LogP contribution >= 0.6 is 0 Å². The van der Waals surface area contributed by atoms with E-state index in [1.807, 2.05) is 4.68 Å². The number of nitrogens with zero attached hydrogens (tertiary/aromatic N) is 3. The average Bonchev–Trinajstić information content (AvgIpc) is 2.99. The van der Waals surface area contributed by atoms with Gasteiger partial charge < -0.3 is 4.74 Å². The third kappa shape index (κ3) is 2.48. The third-order valence-corrected chi connectivity index (χ3v) is 7.00. The van der Waals surface area contributed by atoms with Gasteiger partial charge in [-0.2, -0.15) is 5.10 Å². The van der Waals surface area contributed by atoms with Gasteiger partial charge in [0.05, 0.1) is 6.04 Å². The average molecular weight is 315 g/mol. The molecule has 23 heavy (non-hydrogen) atoms. The van der Waals surface area contributed by atoms with E-state index in [9.17, 15) is 4.79 Å². The van der Waals surface area contributed by atoms with E-state index in [-0.39, 0.29) is 12.1 Å². The van der Waals surface area contributed by atoms with Crippen molar-refractivity contribution >= 4 is 5.97 Å². The summed E-state index contributed by atoms with van der Waals surface area (Å²) < 4.78 is 7.60. The van der Waals surface area contributed by atoms with Crippen molar-refractivity contribution in [2.75, 3.05) is 0 Å². The van der Waals surface area contributed by atoms with Gasteiger partial charge in [0.15, 0.2) is 0 Å². The molecule has 1 heterocycles. The van der Waals surface area contributed by atoms with Gasteiger partial charge in [0.25, 0.3) is 0 Å². The SMILES string of the molecule is O=C(CC1C2CC3CC(C2)CC1C3)OC1CC(n2cncn2)C1. The maximum Gasteiger partial charge on any atom is 0.306 e. The van der Waals surface area contributed by atoms with E-state index in [4.69, 9.17) is 4.74 Å². The summed E-state index contributed by atoms with van der Waals surface area (Å²) in [6, 6.07) is 0.358. The molecule has 0 aromatic carbocycles. The molecule has 5 aliphatic rings. The Labute approximate surface area is 136 Å². The predicted molar refractivity (Wildman–Crippen MR) is 83.3 cm³/mol. The molecule has 1 aromatic rings. The summed E-state index contributed by atoms with van der Waals surface area (Å²) >= 11 is 0. The molecule has 0 saturated heterocycles. The molecule has 1 aromatic heterocycles. The normalized spacial score (nSPS) is 44.1. The van der Waals surface area contributed by atoms with E-state index in [1.54, 1.807) is 12.7 Å². The lowest BCUT2D eigenvalue weighted by Gasteiger charge is -2.54. The van der Waals surface area contributed by atoms with Gasteiger partial charge >= 0.3 is 5.97 Å². The zero-order valence-corrected chi connectivity index (χ0v) is 13.5. The Morgan fingerprint density at radius 1 is 1.04 bits per heavy atom. The smallest absolute Gasteiger partial charge is 0.306 e. The van der Waals surface area contributed by atoms with Crippen molar-refractivity contribution in [2.45, 2.75) is 63.5 Å². The first-order valence-corrected chi connectivity index (χ1v) is 9.28. The van der Waals surface area contributed by atoms with E-state index in [1.165, 1.54) is 32.1 Å². The molecule has 0 aliphatic heterocycles. The highest BCUT2D eigenvalue weighted by Crippen LogP contribution is 2.57. The van der Waals surface area contributed by atoms with Gasteiger partial charge in [-0.3, -0.25) is 4.79 Å². The Hall–Kier alpha value is -1.39. The van der Waals surface area contributed by atoms with Crippen LogP contribution in [-0.4, -0.2) is 26.8 Å². The fraction of sp³-hybridized carbons (Fsp3) is 0.833. The molecule has 5 saturated carbocycles. The Kier molecular flexibility index (Phi) is 3.24. The summed E-state index contributed by atoms with van der Waals surface area (Å²) in [6.07, 6.45) is 12.8. The standard InChI is InChI=1S/C18H25N3O2/c22-18(23-16-6-15(7-16)21-10-19-9-20-21)8-17-13-2-11-1-12(4-13)5-14(17)3-11/h9-17H,1-8H2. The van der Waals surface area contributed by atoms with Gasteiger partial charge in [0, 0.05) is 19.3 Å². The van der Waals surface area contributed by atoms with Crippen LogP contribution in [0.3, 0.4) is 0 Å². The fourth-order valence-corrected chi connectivity index (χ4v) is 6.05. The highest BCUT2D eigenvalue weighted by Gasteiger charge is 2.48. The number of aromatic nitrogens is 3. The first kappa shape index (κ1) is 14.0. The number of carbonyl (C=O) groups excluding carboxylic acids is 1. The number of rotatable bonds is 4. The van der Waals surface area contributed by atoms with Crippen LogP contribution in [0.5, 0.6) is 0 Å². The zero-order chi connectivity index (χ0) is 15.4. The summed E-state index contributed by atoms with van der Waals surface area (Å²) in [6.45, 7) is 0. The van der Waals surface area contributed by atoms with Gasteiger partial charge in [-0.15, -0.1) is 0 Å². The zero-order valence-electron chi connectivity index (χ0n) is 13.5. The molecule has 124 valence electrons. The van der Waals surface area contributed by atoms with Crippen molar-refractivity contribution in [3.63, 3.8) is 0 Å². The molecule has 0 amide bonds. The molecule has 0 N–H and O–H groups in total. The highest BCUT2D eigenvalue weighted by molar-refractivity contribution is 5.70. The van der Waals surface area contributed by atoms with Crippen LogP contribution in [0, 0.1) is 29.6 Å². The second-order valence-electron chi connectivity index (χ2n) is 8.41. The second-order valence-corrected chi connectivity index (χ2v) is 8.41. The first-order chi connectivity index (χ1) is 11.2. The maximum absolute atomic E-state index is 12.4. The molecule has 0 unspecified atom stereocenters. The van der Waals surface area contributed by atoms with Crippen LogP contribution in [0.2, 0.25) is 0 Å². The summed E-state index contributed by atoms with van der Waals surface area (Å²) in [7, 11) is 0. The molecule has 5 heteroatoms. The second kappa shape index (κ2) is 5.32. The summed E-state index contributed by atoms with van der Waals surface area (Å²) in [4.78, 5) is 16.3. The molecular formula is C18H25N3O2. The van der Waals surface area contributed by atoms with E-state index in [0.717, 1.165) is 36.5 Å². The van der Waals surface area contributed by atoms with Gasteiger partial charge in [-0.1, -0.05) is 0 Å². The third-order valence-electron chi connectivity index (χ3n) is 7.00. The minimum Gasteiger partial charge on any atom is -0.462 e. The van der Waals surface area contributed by atoms with Crippen molar-refractivity contribution in [1.29, 1.82) is 0 Å². The van der Waals surface area contributed by atoms with Crippen LogP contribution < -0.4 is 0 Å². The molecule has 6 rings (SSSR count). The largest absolute Gasteiger partial charge is 0.462 e. The fourth-order valence-electron chi connectivity index (χ4n) is 6.05. The summed E-state index contributed by atoms with van der Waals surface area (Å²) in [5, 5.41) is 4.16. The van der Waals surface area contributed by atoms with Gasteiger partial charge in [0.2, 0.25) is 0 Å². The molecule has 5 nitrogen and oxygen atoms in total. The molecule has 5 fully saturated rings. The minimum atomic E-state index is 0.0458. The van der Waals surface area contributed by atoms with E-state index in [0.29, 0.717) is 18.4 Å². The van der Waals surface area contributed by atoms with Gasteiger partial charge in [-0.25, -0.2) is 9.67 Å². The van der Waals surface area contributed by atoms with Crippen molar-refractivity contribution in [1.82, 2.24) is 14.8 Å². The number of esters is 1. The molecule has 0 radical (unpaired) electrons. The van der Waals surface area contributed by atoms with Gasteiger partial charge in [-0.05, 0) is 61.7 Å². The lowest BCUT2D eigenvalue weighted by molar-refractivity contribution is -0.160. The Morgan fingerprint density at radius 2 is 1.74 bits per heavy atom. The number of hydrogen-bond acceptors (Lipinski definition) is 4. The van der Waals surface area contributed by atoms with Crippen molar-refractivity contribution in [3.05, 3.63) is 12.7 Å².